The fourth-order valence-electron chi connectivity index (χ4n) is 10.5. The van der Waals surface area contributed by atoms with Gasteiger partial charge in [-0.3, -0.25) is 18.9 Å². The number of carboxylic acid groups (broad SMARTS) is 1. The van der Waals surface area contributed by atoms with E-state index in [-0.39, 0.29) is 133 Å². The second kappa shape index (κ2) is 40.4. The molecule has 0 saturated carbocycles. The number of carbonyl (C=O) groups excluding carboxylic acids is 4. The van der Waals surface area contributed by atoms with Gasteiger partial charge in [0.1, 0.15) is 23.6 Å². The van der Waals surface area contributed by atoms with E-state index in [0.29, 0.717) is 12.8 Å². The zero-order valence-electron chi connectivity index (χ0n) is 52.4. The van der Waals surface area contributed by atoms with Crippen LogP contribution in [0.3, 0.4) is 0 Å². The Morgan fingerprint density at radius 2 is 1.30 bits per heavy atom. The molecule has 0 spiro atoms. The number of hydrogen-bond donors (Lipinski definition) is 5. The van der Waals surface area contributed by atoms with Gasteiger partial charge in [0.25, 0.3) is 0 Å². The van der Waals surface area contributed by atoms with Crippen LogP contribution in [0.5, 0.6) is 0 Å². The Morgan fingerprint density at radius 3 is 1.76 bits per heavy atom. The molecule has 3 rings (SSSR count). The molecule has 82 heavy (non-hydrogen) atoms. The first kappa shape index (κ1) is 86.9. The summed E-state index contributed by atoms with van der Waals surface area (Å²) in [6.45, 7) is 20.3. The van der Waals surface area contributed by atoms with Crippen molar-refractivity contribution in [3.63, 3.8) is 0 Å². The van der Waals surface area contributed by atoms with Crippen molar-refractivity contribution in [1.82, 2.24) is 4.90 Å². The number of methoxy groups -OCH3 is 1. The maximum absolute atomic E-state index is 14.2. The predicted molar refractivity (Wildman–Crippen MR) is 283 cm³/mol. The second-order valence-corrected chi connectivity index (χ2v) is 24.9. The number of rotatable bonds is 22. The van der Waals surface area contributed by atoms with Crippen molar-refractivity contribution < 1.29 is 198 Å². The SMILES string of the molecule is CCC(=O)OC1C(OC2C(C)C(OC3CC(C)(OC)C(O)C(C)O3)C(C)C(=O)OC(CC)C(C)(O)C(O)C(C)C(=O)C(C)CC2(C)O)OC(C)CC1N(C)C.CCCCCCCCCCCCOS(=O)(=O)O.O=C([O-])P(=O)([O-])[O-].[Na+].[Na+].[Na+]. The Bertz CT molecular complexity index is 2020. The summed E-state index contributed by atoms with van der Waals surface area (Å²) in [5.41, 5.74) is -7.48. The summed E-state index contributed by atoms with van der Waals surface area (Å²) < 4.78 is 85.7. The molecule has 29 heteroatoms. The molecule has 24 nitrogen and oxygen atoms in total. The van der Waals surface area contributed by atoms with Crippen LogP contribution in [0, 0.1) is 23.7 Å². The molecule has 466 valence electrons. The summed E-state index contributed by atoms with van der Waals surface area (Å²) in [6.07, 6.45) is 2.17. The van der Waals surface area contributed by atoms with Gasteiger partial charge in [-0.05, 0) is 88.9 Å². The number of aliphatic hydroxyl groups is 4. The second-order valence-electron chi connectivity index (χ2n) is 22.5. The van der Waals surface area contributed by atoms with E-state index in [2.05, 4.69) is 11.1 Å². The minimum Gasteiger partial charge on any atom is -0.807 e. The minimum atomic E-state index is -5.43. The van der Waals surface area contributed by atoms with Crippen LogP contribution >= 0.6 is 7.60 Å². The Hall–Kier alpha value is 0.700. The largest absolute Gasteiger partial charge is 1.00 e. The molecular formula is C53H97NNa3O23PS. The average molecular weight is 1250 g/mol. The first-order valence-corrected chi connectivity index (χ1v) is 30.7. The molecule has 3 fully saturated rings. The number of unbranched alkanes of at least 4 members (excludes halogenated alkanes) is 9. The van der Waals surface area contributed by atoms with Crippen molar-refractivity contribution in [3.8, 4) is 0 Å². The van der Waals surface area contributed by atoms with Gasteiger partial charge in [-0.2, -0.15) is 8.42 Å². The summed E-state index contributed by atoms with van der Waals surface area (Å²) in [5, 5.41) is 55.6. The van der Waals surface area contributed by atoms with E-state index < -0.39 is 137 Å². The van der Waals surface area contributed by atoms with E-state index in [1.165, 1.54) is 72.8 Å². The molecule has 0 aliphatic carbocycles. The fraction of sp³-hybridized carbons (Fsp3) is 0.925. The first-order chi connectivity index (χ1) is 36.4. The van der Waals surface area contributed by atoms with Crippen molar-refractivity contribution in [2.75, 3.05) is 27.8 Å². The molecule has 3 aliphatic heterocycles. The Balaban J connectivity index is -0.00000193. The van der Waals surface area contributed by atoms with Crippen LogP contribution in [0.15, 0.2) is 0 Å². The van der Waals surface area contributed by atoms with E-state index in [0.717, 1.165) is 12.8 Å². The molecule has 0 aromatic rings. The van der Waals surface area contributed by atoms with Gasteiger partial charge in [0.15, 0.2) is 18.7 Å². The van der Waals surface area contributed by atoms with Crippen LogP contribution in [-0.4, -0.2) is 174 Å². The monoisotopic (exact) mass is 1250 g/mol. The molecular weight excluding hydrogens is 1150 g/mol. The van der Waals surface area contributed by atoms with E-state index in [1.807, 2.05) is 25.9 Å². The predicted octanol–water partition coefficient (Wildman–Crippen LogP) is -5.27. The summed E-state index contributed by atoms with van der Waals surface area (Å²) in [5.74, 6) is -5.59. The van der Waals surface area contributed by atoms with Crippen LogP contribution in [0.1, 0.15) is 179 Å². The number of ketones is 1. The van der Waals surface area contributed by atoms with Gasteiger partial charge < -0.3 is 82.7 Å². The quantitative estimate of drug-likeness (QED) is 0.0222. The van der Waals surface area contributed by atoms with Crippen LogP contribution in [0.2, 0.25) is 0 Å². The van der Waals surface area contributed by atoms with Crippen molar-refractivity contribution in [3.05, 3.63) is 0 Å². The van der Waals surface area contributed by atoms with Gasteiger partial charge in [-0.15, -0.1) is 0 Å². The number of cyclic esters (lactones) is 1. The molecule has 5 N–H and O–H groups in total. The third-order valence-corrected chi connectivity index (χ3v) is 16.2. The number of likely N-dealkylation sites (N-methyl/N-ethyl adjacent to an activating group) is 1. The Labute approximate surface area is 554 Å². The Kier molecular flexibility index (Phi) is 42.9. The molecule has 3 aliphatic rings. The van der Waals surface area contributed by atoms with E-state index >= 15 is 0 Å². The standard InChI is InChI=1S/C40H71NO14.C12H26O4S.CH3O5P.3Na/c1-15-27-40(11,48)33(44)22(5)30(43)20(3)18-38(9,47)35(55-37-32(53-28(42)16-2)26(41(12)13)17-21(4)50-37)23(6)31(24(7)36(46)52-27)54-29-19-39(10,49-14)34(45)25(8)51-29;1-2-3-4-5-6-7-8-9-10-11-12-16-17(13,14)15;2-1(3)7(4,5)6;;;/h20-27,29,31-35,37,44-45,47-48H,15-19H2,1-14H3;2-12H2,1H3,(H,13,14,15);(H,2,3)(H2,4,5,6);;;/q;;;3*+1/p-3. The van der Waals surface area contributed by atoms with Gasteiger partial charge >= 0.3 is 111 Å². The molecule has 18 unspecified atom stereocenters. The minimum absolute atomic E-state index is 0. The topological polar surface area (TPSA) is 367 Å². The number of Topliss-reactive ketones (excluding diaryl/α,β-unsaturated/α-hetero) is 1. The van der Waals surface area contributed by atoms with Crippen molar-refractivity contribution >= 4 is 41.4 Å². The zero-order valence-corrected chi connectivity index (χ0v) is 60.1. The number of hydrogen-bond acceptors (Lipinski definition) is 23. The van der Waals surface area contributed by atoms with E-state index in [9.17, 15) is 43.2 Å². The van der Waals surface area contributed by atoms with Crippen molar-refractivity contribution in [1.29, 1.82) is 0 Å². The van der Waals surface area contributed by atoms with Crippen LogP contribution in [-0.2, 0) is 66.7 Å². The number of nitrogens with zero attached hydrogens (tertiary/aromatic N) is 1. The van der Waals surface area contributed by atoms with Gasteiger partial charge in [-0.25, -0.2) is 4.18 Å². The van der Waals surface area contributed by atoms with E-state index in [4.69, 9.17) is 62.0 Å². The average Bonchev–Trinajstić information content (AvgIpc) is 3.35. The first-order valence-electron chi connectivity index (χ1n) is 27.8. The Morgan fingerprint density at radius 1 is 0.793 bits per heavy atom. The van der Waals surface area contributed by atoms with Gasteiger partial charge in [0, 0.05) is 37.7 Å². The molecule has 0 aromatic carbocycles. The summed E-state index contributed by atoms with van der Waals surface area (Å²) in [6, 6.07) is -0.319. The van der Waals surface area contributed by atoms with Gasteiger partial charge in [0.2, 0.25) is 0 Å². The summed E-state index contributed by atoms with van der Waals surface area (Å²) in [7, 11) is -4.46. The van der Waals surface area contributed by atoms with E-state index in [1.54, 1.807) is 48.5 Å². The number of esters is 2. The molecule has 3 heterocycles. The normalized spacial score (nSPS) is 34.8. The van der Waals surface area contributed by atoms with Crippen LogP contribution < -0.4 is 104 Å². The zero-order chi connectivity index (χ0) is 61.0. The third-order valence-electron chi connectivity index (χ3n) is 15.3. The van der Waals surface area contributed by atoms with Crippen molar-refractivity contribution in [2.45, 2.75) is 264 Å². The maximum atomic E-state index is 14.2. The molecule has 0 bridgehead atoms. The molecule has 0 aromatic heterocycles. The number of ether oxygens (including phenoxy) is 7. The number of carbonyl (C=O) groups is 4. The van der Waals surface area contributed by atoms with Crippen LogP contribution in [0.25, 0.3) is 0 Å². The number of aliphatic hydroxyl groups excluding tert-OH is 2. The van der Waals surface area contributed by atoms with Gasteiger partial charge in [-0.1, -0.05) is 99.3 Å². The summed E-state index contributed by atoms with van der Waals surface area (Å²) >= 11 is 0. The van der Waals surface area contributed by atoms with Gasteiger partial charge in [0.05, 0.1) is 66.0 Å². The smallest absolute Gasteiger partial charge is 0.807 e. The molecule has 3 saturated heterocycles. The van der Waals surface area contributed by atoms with Crippen molar-refractivity contribution in [2.24, 2.45) is 23.7 Å². The molecule has 0 amide bonds. The molecule has 0 radical (unpaired) electrons. The maximum Gasteiger partial charge on any atom is 1.00 e. The third kappa shape index (κ3) is 28.7. The van der Waals surface area contributed by atoms with Crippen LogP contribution in [0.4, 0.5) is 4.79 Å². The summed E-state index contributed by atoms with van der Waals surface area (Å²) in [4.78, 5) is 70.2. The molecule has 18 atom stereocenters. The fourth-order valence-corrected chi connectivity index (χ4v) is 10.8.